The number of hydrogen-bond donors (Lipinski definition) is 2. The summed E-state index contributed by atoms with van der Waals surface area (Å²) in [7, 11) is 1.63. The van der Waals surface area contributed by atoms with E-state index < -0.39 is 5.76 Å². The monoisotopic (exact) mass is 334 g/mol. The van der Waals surface area contributed by atoms with Crippen LogP contribution in [0.4, 0.5) is 11.6 Å². The van der Waals surface area contributed by atoms with Gasteiger partial charge in [-0.1, -0.05) is 12.1 Å². The van der Waals surface area contributed by atoms with Crippen LogP contribution in [0.15, 0.2) is 64.1 Å². The lowest BCUT2D eigenvalue weighted by Gasteiger charge is -2.06. The van der Waals surface area contributed by atoms with Gasteiger partial charge in [0.15, 0.2) is 5.58 Å². The maximum atomic E-state index is 11.2. The second-order valence-electron chi connectivity index (χ2n) is 5.37. The van der Waals surface area contributed by atoms with Crippen LogP contribution in [-0.2, 0) is 0 Å². The van der Waals surface area contributed by atoms with Crippen molar-refractivity contribution in [2.24, 2.45) is 0 Å². The van der Waals surface area contributed by atoms with Gasteiger partial charge in [0.2, 0.25) is 5.95 Å². The van der Waals surface area contributed by atoms with Crippen LogP contribution >= 0.6 is 0 Å². The summed E-state index contributed by atoms with van der Waals surface area (Å²) in [4.78, 5) is 22.4. The number of aromatic nitrogens is 3. The number of benzene rings is 2. The van der Waals surface area contributed by atoms with Crippen LogP contribution in [-0.4, -0.2) is 22.1 Å². The van der Waals surface area contributed by atoms with Gasteiger partial charge in [-0.15, -0.1) is 0 Å². The minimum Gasteiger partial charge on any atom is -0.497 e. The van der Waals surface area contributed by atoms with Gasteiger partial charge in [-0.3, -0.25) is 4.98 Å². The molecule has 0 aliphatic heterocycles. The smallest absolute Gasteiger partial charge is 0.417 e. The zero-order valence-electron chi connectivity index (χ0n) is 13.3. The second-order valence-corrected chi connectivity index (χ2v) is 5.37. The molecule has 7 nitrogen and oxygen atoms in total. The standard InChI is InChI=1S/C18H14N4O3/c1-24-14-5-2-11(3-6-14)12-9-19-17(20-10-12)21-13-4-7-15-16(8-13)25-18(23)22-15/h2-10H,1H3,(H,22,23)(H,19,20,21). The van der Waals surface area contributed by atoms with Crippen LogP contribution in [0.1, 0.15) is 0 Å². The van der Waals surface area contributed by atoms with Crippen molar-refractivity contribution in [3.8, 4) is 16.9 Å². The molecule has 25 heavy (non-hydrogen) atoms. The molecule has 0 amide bonds. The lowest BCUT2D eigenvalue weighted by molar-refractivity contribution is 0.415. The fraction of sp³-hybridized carbons (Fsp3) is 0.0556. The second kappa shape index (κ2) is 6.12. The Balaban J connectivity index is 1.55. The van der Waals surface area contributed by atoms with E-state index in [4.69, 9.17) is 9.15 Å². The first-order valence-electron chi connectivity index (χ1n) is 7.58. The van der Waals surface area contributed by atoms with E-state index in [0.717, 1.165) is 22.6 Å². The highest BCUT2D eigenvalue weighted by molar-refractivity contribution is 5.77. The highest BCUT2D eigenvalue weighted by atomic mass is 16.5. The van der Waals surface area contributed by atoms with Crippen molar-refractivity contribution in [3.63, 3.8) is 0 Å². The van der Waals surface area contributed by atoms with Crippen LogP contribution in [0.25, 0.3) is 22.2 Å². The van der Waals surface area contributed by atoms with Gasteiger partial charge in [0.25, 0.3) is 0 Å². The summed E-state index contributed by atoms with van der Waals surface area (Å²) in [6, 6.07) is 13.0. The Morgan fingerprint density at radius 1 is 1.04 bits per heavy atom. The highest BCUT2D eigenvalue weighted by Gasteiger charge is 2.05. The van der Waals surface area contributed by atoms with Crippen molar-refractivity contribution in [3.05, 3.63) is 65.4 Å². The maximum Gasteiger partial charge on any atom is 0.417 e. The van der Waals surface area contributed by atoms with E-state index in [1.807, 2.05) is 30.3 Å². The average Bonchev–Trinajstić information content (AvgIpc) is 3.02. The van der Waals surface area contributed by atoms with E-state index in [1.54, 1.807) is 31.6 Å². The summed E-state index contributed by atoms with van der Waals surface area (Å²) in [5, 5.41) is 3.08. The number of hydrogen-bond acceptors (Lipinski definition) is 6. The number of aromatic amines is 1. The zero-order chi connectivity index (χ0) is 17.2. The molecule has 0 aliphatic rings. The number of anilines is 2. The Bertz CT molecular complexity index is 1070. The Morgan fingerprint density at radius 3 is 2.52 bits per heavy atom. The molecule has 124 valence electrons. The number of methoxy groups -OCH3 is 1. The van der Waals surface area contributed by atoms with Crippen molar-refractivity contribution in [2.75, 3.05) is 12.4 Å². The SMILES string of the molecule is COc1ccc(-c2cnc(Nc3ccc4[nH]c(=O)oc4c3)nc2)cc1. The van der Waals surface area contributed by atoms with E-state index in [2.05, 4.69) is 20.3 Å². The molecule has 0 saturated carbocycles. The predicted molar refractivity (Wildman–Crippen MR) is 94.1 cm³/mol. The van der Waals surface area contributed by atoms with E-state index in [1.165, 1.54) is 0 Å². The Labute approximate surface area is 142 Å². The molecule has 0 saturated heterocycles. The van der Waals surface area contributed by atoms with Gasteiger partial charge < -0.3 is 14.5 Å². The third-order valence-electron chi connectivity index (χ3n) is 3.75. The van der Waals surface area contributed by atoms with Gasteiger partial charge in [-0.05, 0) is 29.8 Å². The summed E-state index contributed by atoms with van der Waals surface area (Å²) in [5.74, 6) is 0.775. The van der Waals surface area contributed by atoms with Gasteiger partial charge in [0.1, 0.15) is 5.75 Å². The van der Waals surface area contributed by atoms with E-state index in [0.29, 0.717) is 17.0 Å². The quantitative estimate of drug-likeness (QED) is 0.594. The first-order chi connectivity index (χ1) is 12.2. The molecule has 0 bridgehead atoms. The molecule has 2 heterocycles. The molecule has 4 rings (SSSR count). The van der Waals surface area contributed by atoms with Crippen LogP contribution in [0.2, 0.25) is 0 Å². The Morgan fingerprint density at radius 2 is 1.80 bits per heavy atom. The van der Waals surface area contributed by atoms with Crippen molar-refractivity contribution in [1.29, 1.82) is 0 Å². The van der Waals surface area contributed by atoms with Crippen molar-refractivity contribution in [2.45, 2.75) is 0 Å². The number of oxazole rings is 1. The number of nitrogens with zero attached hydrogens (tertiary/aromatic N) is 2. The largest absolute Gasteiger partial charge is 0.497 e. The predicted octanol–water partition coefficient (Wildman–Crippen LogP) is 3.33. The van der Waals surface area contributed by atoms with Crippen LogP contribution in [0.3, 0.4) is 0 Å². The molecule has 4 aromatic rings. The normalized spacial score (nSPS) is 10.8. The van der Waals surface area contributed by atoms with Gasteiger partial charge in [-0.25, -0.2) is 14.8 Å². The van der Waals surface area contributed by atoms with Gasteiger partial charge in [0.05, 0.1) is 12.6 Å². The van der Waals surface area contributed by atoms with Crippen LogP contribution < -0.4 is 15.8 Å². The Hall–Kier alpha value is -3.61. The van der Waals surface area contributed by atoms with Gasteiger partial charge in [-0.2, -0.15) is 0 Å². The Kier molecular flexibility index (Phi) is 3.66. The van der Waals surface area contributed by atoms with Crippen molar-refractivity contribution >= 4 is 22.7 Å². The average molecular weight is 334 g/mol. The summed E-state index contributed by atoms with van der Waals surface area (Å²) >= 11 is 0. The fourth-order valence-corrected chi connectivity index (χ4v) is 2.48. The van der Waals surface area contributed by atoms with E-state index in [9.17, 15) is 4.79 Å². The highest BCUT2D eigenvalue weighted by Crippen LogP contribution is 2.23. The number of H-pyrrole nitrogens is 1. The van der Waals surface area contributed by atoms with E-state index in [-0.39, 0.29) is 0 Å². The minimum atomic E-state index is -0.479. The molecular weight excluding hydrogens is 320 g/mol. The lowest BCUT2D eigenvalue weighted by Crippen LogP contribution is -1.96. The summed E-state index contributed by atoms with van der Waals surface area (Å²) < 4.78 is 10.2. The molecule has 2 aromatic heterocycles. The first-order valence-corrected chi connectivity index (χ1v) is 7.58. The third kappa shape index (κ3) is 3.07. The molecule has 2 aromatic carbocycles. The molecule has 0 aliphatic carbocycles. The molecular formula is C18H14N4O3. The number of rotatable bonds is 4. The molecule has 0 atom stereocenters. The molecule has 0 unspecified atom stereocenters. The lowest BCUT2D eigenvalue weighted by atomic mass is 10.1. The van der Waals surface area contributed by atoms with Crippen molar-refractivity contribution in [1.82, 2.24) is 15.0 Å². The van der Waals surface area contributed by atoms with Gasteiger partial charge in [0, 0.05) is 29.7 Å². The zero-order valence-corrected chi connectivity index (χ0v) is 13.3. The summed E-state index contributed by atoms with van der Waals surface area (Å²) in [6.07, 6.45) is 3.48. The maximum absolute atomic E-state index is 11.2. The van der Waals surface area contributed by atoms with Gasteiger partial charge >= 0.3 is 5.76 Å². The number of fused-ring (bicyclic) bond motifs is 1. The van der Waals surface area contributed by atoms with Crippen molar-refractivity contribution < 1.29 is 9.15 Å². The molecule has 0 spiro atoms. The number of nitrogens with one attached hydrogen (secondary N) is 2. The topological polar surface area (TPSA) is 93.0 Å². The molecule has 2 N–H and O–H groups in total. The summed E-state index contributed by atoms with van der Waals surface area (Å²) in [6.45, 7) is 0. The molecule has 0 radical (unpaired) electrons. The third-order valence-corrected chi connectivity index (χ3v) is 3.75. The fourth-order valence-electron chi connectivity index (χ4n) is 2.48. The molecule has 0 fully saturated rings. The summed E-state index contributed by atoms with van der Waals surface area (Å²) in [5.41, 5.74) is 3.76. The van der Waals surface area contributed by atoms with Crippen LogP contribution in [0, 0.1) is 0 Å². The van der Waals surface area contributed by atoms with Crippen LogP contribution in [0.5, 0.6) is 5.75 Å². The molecule has 7 heteroatoms. The minimum absolute atomic E-state index is 0.453. The first kappa shape index (κ1) is 14.9. The number of ether oxygens (including phenoxy) is 1. The van der Waals surface area contributed by atoms with E-state index >= 15 is 0 Å².